The topological polar surface area (TPSA) is 0 Å². The van der Waals surface area contributed by atoms with E-state index in [4.69, 9.17) is 0 Å². The molecule has 1 aliphatic carbocycles. The van der Waals surface area contributed by atoms with Gasteiger partial charge in [-0.15, -0.1) is 0 Å². The molecule has 0 spiro atoms. The highest BCUT2D eigenvalue weighted by atomic mass is 14.2. The zero-order valence-corrected chi connectivity index (χ0v) is 14.3. The van der Waals surface area contributed by atoms with Gasteiger partial charge < -0.3 is 0 Å². The lowest BCUT2D eigenvalue weighted by molar-refractivity contribution is 0.312. The van der Waals surface area contributed by atoms with Crippen LogP contribution in [0.15, 0.2) is 34.9 Å². The first-order valence-electron chi connectivity index (χ1n) is 8.43. The van der Waals surface area contributed by atoms with Gasteiger partial charge in [-0.3, -0.25) is 0 Å². The van der Waals surface area contributed by atoms with Crippen LogP contribution < -0.4 is 0 Å². The van der Waals surface area contributed by atoms with Crippen LogP contribution in [0.3, 0.4) is 0 Å². The van der Waals surface area contributed by atoms with Gasteiger partial charge in [0.15, 0.2) is 0 Å². The Balaban J connectivity index is 2.23. The van der Waals surface area contributed by atoms with Crippen LogP contribution in [0.5, 0.6) is 0 Å². The second-order valence-corrected chi connectivity index (χ2v) is 7.01. The fraction of sp³-hybridized carbons (Fsp3) is 0.700. The predicted molar refractivity (Wildman–Crippen MR) is 91.9 cm³/mol. The first-order chi connectivity index (χ1) is 9.49. The maximum Gasteiger partial charge on any atom is -0.0288 e. The van der Waals surface area contributed by atoms with Crippen molar-refractivity contribution in [2.45, 2.75) is 79.6 Å². The minimum absolute atomic E-state index is 0.876. The molecule has 2 atom stereocenters. The molecule has 0 aromatic rings. The van der Waals surface area contributed by atoms with E-state index in [2.05, 4.69) is 52.8 Å². The zero-order valence-electron chi connectivity index (χ0n) is 14.3. The fourth-order valence-corrected chi connectivity index (χ4v) is 3.02. The van der Waals surface area contributed by atoms with Crippen LogP contribution in [0.25, 0.3) is 0 Å². The van der Waals surface area contributed by atoms with Crippen molar-refractivity contribution in [3.05, 3.63) is 34.9 Å². The maximum atomic E-state index is 2.47. The van der Waals surface area contributed by atoms with Gasteiger partial charge in [0.1, 0.15) is 0 Å². The van der Waals surface area contributed by atoms with E-state index in [-0.39, 0.29) is 0 Å². The second-order valence-electron chi connectivity index (χ2n) is 7.01. The Labute approximate surface area is 127 Å². The molecule has 0 heterocycles. The lowest BCUT2D eigenvalue weighted by Crippen LogP contribution is -2.14. The number of hydrogen-bond donors (Lipinski definition) is 0. The minimum atomic E-state index is 0.876. The van der Waals surface area contributed by atoms with Crippen molar-refractivity contribution in [3.63, 3.8) is 0 Å². The summed E-state index contributed by atoms with van der Waals surface area (Å²) >= 11 is 0. The molecule has 0 saturated carbocycles. The van der Waals surface area contributed by atoms with Crippen molar-refractivity contribution in [2.75, 3.05) is 0 Å². The molecule has 1 aliphatic rings. The van der Waals surface area contributed by atoms with Crippen molar-refractivity contribution in [2.24, 2.45) is 11.8 Å². The van der Waals surface area contributed by atoms with Gasteiger partial charge in [0.2, 0.25) is 0 Å². The summed E-state index contributed by atoms with van der Waals surface area (Å²) in [5.74, 6) is 1.80. The van der Waals surface area contributed by atoms with E-state index in [1.807, 2.05) is 0 Å². The Kier molecular flexibility index (Phi) is 7.95. The van der Waals surface area contributed by atoms with Gasteiger partial charge >= 0.3 is 0 Å². The van der Waals surface area contributed by atoms with Crippen LogP contribution in [0, 0.1) is 11.8 Å². The summed E-state index contributed by atoms with van der Waals surface area (Å²) in [4.78, 5) is 0. The molecular formula is C20H34. The van der Waals surface area contributed by atoms with E-state index in [1.54, 1.807) is 11.1 Å². The van der Waals surface area contributed by atoms with E-state index >= 15 is 0 Å². The molecular weight excluding hydrogens is 240 g/mol. The first kappa shape index (κ1) is 17.3. The standard InChI is InChI=1S/C20H34/c1-16(2)8-6-9-17(3)10-7-11-19(5)20-14-12-18(4)13-15-20/h8,10,12,19-20H,6-7,9,11,13-15H2,1-5H3. The summed E-state index contributed by atoms with van der Waals surface area (Å²) < 4.78 is 0. The molecule has 20 heavy (non-hydrogen) atoms. The van der Waals surface area contributed by atoms with Crippen molar-refractivity contribution in [3.8, 4) is 0 Å². The predicted octanol–water partition coefficient (Wildman–Crippen LogP) is 6.84. The highest BCUT2D eigenvalue weighted by molar-refractivity contribution is 5.04. The molecule has 1 rings (SSSR count). The Morgan fingerprint density at radius 1 is 1.25 bits per heavy atom. The Morgan fingerprint density at radius 2 is 2.00 bits per heavy atom. The molecule has 0 nitrogen and oxygen atoms in total. The number of allylic oxidation sites excluding steroid dienone is 6. The van der Waals surface area contributed by atoms with Crippen LogP contribution in [0.1, 0.15) is 79.6 Å². The molecule has 0 aromatic carbocycles. The molecule has 0 amide bonds. The lowest BCUT2D eigenvalue weighted by atomic mass is 9.80. The van der Waals surface area contributed by atoms with Gasteiger partial charge in [-0.1, -0.05) is 41.9 Å². The van der Waals surface area contributed by atoms with Crippen LogP contribution in [0.4, 0.5) is 0 Å². The second kappa shape index (κ2) is 9.21. The third kappa shape index (κ3) is 7.12. The molecule has 0 bridgehead atoms. The Morgan fingerprint density at radius 3 is 2.60 bits per heavy atom. The van der Waals surface area contributed by atoms with Crippen LogP contribution in [0.2, 0.25) is 0 Å². The molecule has 0 aliphatic heterocycles. The van der Waals surface area contributed by atoms with Gasteiger partial charge in [-0.2, -0.15) is 0 Å². The largest absolute Gasteiger partial charge is 0.0856 e. The Hall–Kier alpha value is -0.780. The molecule has 0 fully saturated rings. The third-order valence-corrected chi connectivity index (χ3v) is 4.69. The van der Waals surface area contributed by atoms with Gasteiger partial charge in [-0.05, 0) is 84.5 Å². The molecule has 0 N–H and O–H groups in total. The minimum Gasteiger partial charge on any atom is -0.0856 e. The Bertz CT molecular complexity index is 363. The monoisotopic (exact) mass is 274 g/mol. The van der Waals surface area contributed by atoms with Crippen molar-refractivity contribution in [1.29, 1.82) is 0 Å². The van der Waals surface area contributed by atoms with Crippen molar-refractivity contribution < 1.29 is 0 Å². The van der Waals surface area contributed by atoms with Crippen molar-refractivity contribution >= 4 is 0 Å². The quantitative estimate of drug-likeness (QED) is 0.446. The molecule has 0 aromatic heterocycles. The van der Waals surface area contributed by atoms with E-state index in [0.29, 0.717) is 0 Å². The number of rotatable bonds is 7. The normalized spacial score (nSPS) is 21.4. The molecule has 0 radical (unpaired) electrons. The van der Waals surface area contributed by atoms with Gasteiger partial charge in [0, 0.05) is 0 Å². The maximum absolute atomic E-state index is 2.47. The smallest absolute Gasteiger partial charge is 0.0288 e. The van der Waals surface area contributed by atoms with Gasteiger partial charge in [0.05, 0.1) is 0 Å². The summed E-state index contributed by atoms with van der Waals surface area (Å²) in [6.45, 7) is 11.4. The average molecular weight is 274 g/mol. The first-order valence-corrected chi connectivity index (χ1v) is 8.43. The van der Waals surface area contributed by atoms with E-state index in [0.717, 1.165) is 11.8 Å². The summed E-state index contributed by atoms with van der Waals surface area (Å²) in [6, 6.07) is 0. The van der Waals surface area contributed by atoms with E-state index < -0.39 is 0 Å². The van der Waals surface area contributed by atoms with E-state index in [1.165, 1.54) is 50.5 Å². The van der Waals surface area contributed by atoms with Gasteiger partial charge in [0.25, 0.3) is 0 Å². The summed E-state index contributed by atoms with van der Waals surface area (Å²) in [5.41, 5.74) is 4.60. The molecule has 114 valence electrons. The fourth-order valence-electron chi connectivity index (χ4n) is 3.02. The highest BCUT2D eigenvalue weighted by Crippen LogP contribution is 2.31. The van der Waals surface area contributed by atoms with Crippen molar-refractivity contribution in [1.82, 2.24) is 0 Å². The molecule has 0 heteroatoms. The van der Waals surface area contributed by atoms with Gasteiger partial charge in [-0.25, -0.2) is 0 Å². The summed E-state index contributed by atoms with van der Waals surface area (Å²) in [5, 5.41) is 0. The highest BCUT2D eigenvalue weighted by Gasteiger charge is 2.18. The van der Waals surface area contributed by atoms with E-state index in [9.17, 15) is 0 Å². The van der Waals surface area contributed by atoms with Crippen LogP contribution in [-0.2, 0) is 0 Å². The molecule has 2 unspecified atom stereocenters. The molecule has 0 saturated heterocycles. The summed E-state index contributed by atoms with van der Waals surface area (Å²) in [6.07, 6.45) is 16.4. The van der Waals surface area contributed by atoms with Crippen LogP contribution in [-0.4, -0.2) is 0 Å². The average Bonchev–Trinajstić information content (AvgIpc) is 2.39. The SMILES string of the molecule is CC(C)=CCCC(C)=CCCC(C)C1CC=C(C)CC1. The van der Waals surface area contributed by atoms with Crippen LogP contribution >= 0.6 is 0 Å². The zero-order chi connectivity index (χ0) is 15.0. The number of hydrogen-bond acceptors (Lipinski definition) is 0. The summed E-state index contributed by atoms with van der Waals surface area (Å²) in [7, 11) is 0. The lowest BCUT2D eigenvalue weighted by Gasteiger charge is -2.26. The third-order valence-electron chi connectivity index (χ3n) is 4.69.